The highest BCUT2D eigenvalue weighted by Gasteiger charge is 2.25. The average molecular weight is 339 g/mol. The molecule has 0 aliphatic carbocycles. The topological polar surface area (TPSA) is 47.6 Å². The predicted octanol–water partition coefficient (Wildman–Crippen LogP) is 3.38. The highest BCUT2D eigenvalue weighted by Crippen LogP contribution is 2.26. The van der Waals surface area contributed by atoms with Crippen LogP contribution >= 0.6 is 0 Å². The monoisotopic (exact) mass is 339 g/mol. The average Bonchev–Trinajstić information content (AvgIpc) is 2.62. The van der Waals surface area contributed by atoms with E-state index in [-0.39, 0.29) is 17.9 Å². The highest BCUT2D eigenvalue weighted by molar-refractivity contribution is 5.79. The quantitative estimate of drug-likeness (QED) is 0.878. The summed E-state index contributed by atoms with van der Waals surface area (Å²) in [6, 6.07) is 16.0. The third kappa shape index (κ3) is 4.75. The van der Waals surface area contributed by atoms with Crippen molar-refractivity contribution in [2.24, 2.45) is 5.92 Å². The van der Waals surface area contributed by atoms with Crippen LogP contribution in [0.1, 0.15) is 25.0 Å². The van der Waals surface area contributed by atoms with Gasteiger partial charge in [-0.25, -0.2) is 0 Å². The van der Waals surface area contributed by atoms with Gasteiger partial charge in [-0.3, -0.25) is 4.79 Å². The molecule has 0 saturated carbocycles. The molecule has 3 rings (SSSR count). The summed E-state index contributed by atoms with van der Waals surface area (Å²) in [7, 11) is 0. The smallest absolute Gasteiger partial charge is 0.226 e. The van der Waals surface area contributed by atoms with Gasteiger partial charge < -0.3 is 14.8 Å². The molecule has 1 N–H and O–H groups in total. The van der Waals surface area contributed by atoms with Crippen LogP contribution in [-0.2, 0) is 17.6 Å². The van der Waals surface area contributed by atoms with Gasteiger partial charge in [-0.2, -0.15) is 0 Å². The zero-order valence-corrected chi connectivity index (χ0v) is 14.8. The molecule has 4 nitrogen and oxygen atoms in total. The molecule has 0 spiro atoms. The van der Waals surface area contributed by atoms with Gasteiger partial charge in [-0.05, 0) is 56.0 Å². The normalized spacial score (nSPS) is 16.0. The van der Waals surface area contributed by atoms with Crippen molar-refractivity contribution in [1.82, 2.24) is 5.32 Å². The van der Waals surface area contributed by atoms with Gasteiger partial charge in [0.2, 0.25) is 5.91 Å². The van der Waals surface area contributed by atoms with E-state index in [2.05, 4.69) is 5.32 Å². The molecule has 1 aliphatic rings. The second-order valence-corrected chi connectivity index (χ2v) is 6.67. The lowest BCUT2D eigenvalue weighted by Crippen LogP contribution is -2.38. The molecule has 1 amide bonds. The summed E-state index contributed by atoms with van der Waals surface area (Å²) in [5.41, 5.74) is 2.29. The van der Waals surface area contributed by atoms with E-state index >= 15 is 0 Å². The number of hydrogen-bond acceptors (Lipinski definition) is 3. The summed E-state index contributed by atoms with van der Waals surface area (Å²) in [6.07, 6.45) is 1.72. The summed E-state index contributed by atoms with van der Waals surface area (Å²) in [5, 5.41) is 3.03. The molecular formula is C21H25NO3. The van der Waals surface area contributed by atoms with Gasteiger partial charge in [0.15, 0.2) is 0 Å². The summed E-state index contributed by atoms with van der Waals surface area (Å²) in [6.45, 7) is 5.10. The van der Waals surface area contributed by atoms with Gasteiger partial charge in [0.05, 0.1) is 12.0 Å². The van der Waals surface area contributed by atoms with Crippen LogP contribution in [-0.4, -0.2) is 25.2 Å². The molecule has 1 aliphatic heterocycles. The zero-order chi connectivity index (χ0) is 17.6. The van der Waals surface area contributed by atoms with Crippen LogP contribution < -0.4 is 14.8 Å². The van der Waals surface area contributed by atoms with E-state index in [4.69, 9.17) is 9.47 Å². The molecule has 0 aromatic heterocycles. The fourth-order valence-corrected chi connectivity index (χ4v) is 2.98. The van der Waals surface area contributed by atoms with E-state index in [1.807, 2.05) is 62.4 Å². The number of hydrogen-bond donors (Lipinski definition) is 1. The number of benzene rings is 2. The standard InChI is InChI=1S/C21H25NO3/c1-15(2)25-19-9-7-16(8-10-19)11-12-22-21(23)18-13-17-5-3-4-6-20(17)24-14-18/h3-10,15,18H,11-14H2,1-2H3,(H,22,23). The van der Waals surface area contributed by atoms with Gasteiger partial charge >= 0.3 is 0 Å². The molecule has 0 bridgehead atoms. The van der Waals surface area contributed by atoms with Crippen LogP contribution in [0, 0.1) is 5.92 Å². The van der Waals surface area contributed by atoms with Crippen molar-refractivity contribution in [2.75, 3.05) is 13.2 Å². The molecule has 25 heavy (non-hydrogen) atoms. The first kappa shape index (κ1) is 17.3. The third-order valence-corrected chi connectivity index (χ3v) is 4.26. The Morgan fingerprint density at radius 1 is 1.20 bits per heavy atom. The Kier molecular flexibility index (Phi) is 5.59. The number of carbonyl (C=O) groups excluding carboxylic acids is 1. The number of fused-ring (bicyclic) bond motifs is 1. The predicted molar refractivity (Wildman–Crippen MR) is 98.1 cm³/mol. The number of rotatable bonds is 6. The Hall–Kier alpha value is -2.49. The van der Waals surface area contributed by atoms with Crippen LogP contribution in [0.25, 0.3) is 0 Å². The van der Waals surface area contributed by atoms with E-state index in [1.54, 1.807) is 0 Å². The first-order valence-corrected chi connectivity index (χ1v) is 8.86. The Bertz CT molecular complexity index is 709. The van der Waals surface area contributed by atoms with Crippen molar-refractivity contribution in [3.63, 3.8) is 0 Å². The van der Waals surface area contributed by atoms with Gasteiger partial charge in [0.25, 0.3) is 0 Å². The second-order valence-electron chi connectivity index (χ2n) is 6.67. The van der Waals surface area contributed by atoms with Gasteiger partial charge in [-0.1, -0.05) is 30.3 Å². The maximum atomic E-state index is 12.4. The van der Waals surface area contributed by atoms with Gasteiger partial charge in [0.1, 0.15) is 18.1 Å². The second kappa shape index (κ2) is 8.06. The molecule has 0 radical (unpaired) electrons. The lowest BCUT2D eigenvalue weighted by Gasteiger charge is -2.24. The Morgan fingerprint density at radius 3 is 2.72 bits per heavy atom. The highest BCUT2D eigenvalue weighted by atomic mass is 16.5. The molecule has 0 fully saturated rings. The van der Waals surface area contributed by atoms with E-state index in [0.717, 1.165) is 29.9 Å². The van der Waals surface area contributed by atoms with Crippen LogP contribution in [0.5, 0.6) is 11.5 Å². The number of nitrogens with one attached hydrogen (secondary N) is 1. The fourth-order valence-electron chi connectivity index (χ4n) is 2.98. The third-order valence-electron chi connectivity index (χ3n) is 4.26. The summed E-state index contributed by atoms with van der Waals surface area (Å²) in [5.74, 6) is 1.72. The molecule has 4 heteroatoms. The maximum Gasteiger partial charge on any atom is 0.226 e. The summed E-state index contributed by atoms with van der Waals surface area (Å²) >= 11 is 0. The van der Waals surface area contributed by atoms with Crippen molar-refractivity contribution >= 4 is 5.91 Å². The van der Waals surface area contributed by atoms with Gasteiger partial charge in [-0.15, -0.1) is 0 Å². The van der Waals surface area contributed by atoms with E-state index in [9.17, 15) is 4.79 Å². The molecule has 0 saturated heterocycles. The molecule has 1 atom stereocenters. The lowest BCUT2D eigenvalue weighted by atomic mass is 9.96. The van der Waals surface area contributed by atoms with Crippen molar-refractivity contribution < 1.29 is 14.3 Å². The molecule has 132 valence electrons. The zero-order valence-electron chi connectivity index (χ0n) is 14.8. The van der Waals surface area contributed by atoms with E-state index in [1.165, 1.54) is 5.56 Å². The lowest BCUT2D eigenvalue weighted by molar-refractivity contribution is -0.126. The minimum atomic E-state index is -0.114. The SMILES string of the molecule is CC(C)Oc1ccc(CCNC(=O)C2COc3ccccc3C2)cc1. The largest absolute Gasteiger partial charge is 0.492 e. The van der Waals surface area contributed by atoms with Crippen molar-refractivity contribution in [3.8, 4) is 11.5 Å². The minimum absolute atomic E-state index is 0.0641. The van der Waals surface area contributed by atoms with Crippen LogP contribution in [0.2, 0.25) is 0 Å². The molecule has 1 unspecified atom stereocenters. The number of amides is 1. The van der Waals surface area contributed by atoms with Crippen molar-refractivity contribution in [2.45, 2.75) is 32.8 Å². The Labute approximate surface area is 149 Å². The summed E-state index contributed by atoms with van der Waals surface area (Å²) < 4.78 is 11.3. The van der Waals surface area contributed by atoms with E-state index < -0.39 is 0 Å². The van der Waals surface area contributed by atoms with Crippen molar-refractivity contribution in [3.05, 3.63) is 59.7 Å². The van der Waals surface area contributed by atoms with Crippen LogP contribution in [0.3, 0.4) is 0 Å². The number of ether oxygens (including phenoxy) is 2. The fraction of sp³-hybridized carbons (Fsp3) is 0.381. The first-order chi connectivity index (χ1) is 12.1. The maximum absolute atomic E-state index is 12.4. The van der Waals surface area contributed by atoms with Crippen molar-refractivity contribution in [1.29, 1.82) is 0 Å². The summed E-state index contributed by atoms with van der Waals surface area (Å²) in [4.78, 5) is 12.4. The van der Waals surface area contributed by atoms with Gasteiger partial charge in [0, 0.05) is 6.54 Å². The number of para-hydroxylation sites is 1. The molecule has 2 aromatic rings. The van der Waals surface area contributed by atoms with Crippen LogP contribution in [0.15, 0.2) is 48.5 Å². The van der Waals surface area contributed by atoms with Crippen LogP contribution in [0.4, 0.5) is 0 Å². The molecular weight excluding hydrogens is 314 g/mol. The minimum Gasteiger partial charge on any atom is -0.492 e. The van der Waals surface area contributed by atoms with E-state index in [0.29, 0.717) is 13.2 Å². The first-order valence-electron chi connectivity index (χ1n) is 8.86. The number of carbonyl (C=O) groups is 1. The molecule has 2 aromatic carbocycles. The Morgan fingerprint density at radius 2 is 1.96 bits per heavy atom. The Balaban J connectivity index is 1.45. The molecule has 1 heterocycles.